The lowest BCUT2D eigenvalue weighted by molar-refractivity contribution is -0.149. The van der Waals surface area contributed by atoms with Gasteiger partial charge in [0.15, 0.2) is 6.04 Å². The van der Waals surface area contributed by atoms with Crippen LogP contribution in [0.25, 0.3) is 22.0 Å². The smallest absolute Gasteiger partial charge is 0.333 e. The summed E-state index contributed by atoms with van der Waals surface area (Å²) in [5, 5.41) is 7.93. The molecule has 3 N–H and O–H groups in total. The van der Waals surface area contributed by atoms with Crippen LogP contribution in [0.5, 0.6) is 0 Å². The first-order chi connectivity index (χ1) is 20.6. The number of rotatable bonds is 9. The summed E-state index contributed by atoms with van der Waals surface area (Å²) in [6.07, 6.45) is 6.52. The fourth-order valence-corrected chi connectivity index (χ4v) is 6.61. The Hall–Kier alpha value is -3.94. The topological polar surface area (TPSA) is 92.4 Å². The summed E-state index contributed by atoms with van der Waals surface area (Å²) in [5.41, 5.74) is 6.31. The molecule has 0 bridgehead atoms. The number of aromatic amines is 1. The van der Waals surface area contributed by atoms with E-state index < -0.39 is 18.1 Å². The van der Waals surface area contributed by atoms with Crippen molar-refractivity contribution in [1.29, 1.82) is 0 Å². The Morgan fingerprint density at radius 2 is 1.60 bits per heavy atom. The highest BCUT2D eigenvalue weighted by Gasteiger charge is 2.38. The van der Waals surface area contributed by atoms with Gasteiger partial charge in [0.25, 0.3) is 0 Å². The second kappa shape index (κ2) is 12.9. The van der Waals surface area contributed by atoms with Crippen molar-refractivity contribution in [3.05, 3.63) is 95.7 Å². The zero-order chi connectivity index (χ0) is 28.9. The van der Waals surface area contributed by atoms with E-state index in [0.29, 0.717) is 17.9 Å². The highest BCUT2D eigenvalue weighted by Crippen LogP contribution is 2.40. The van der Waals surface area contributed by atoms with Gasteiger partial charge in [0.2, 0.25) is 5.91 Å². The number of methoxy groups -OCH3 is 1. The molecule has 4 aromatic rings. The summed E-state index contributed by atoms with van der Waals surface area (Å²) in [6, 6.07) is 24.8. The van der Waals surface area contributed by atoms with Crippen LogP contribution in [0.3, 0.4) is 0 Å². The number of hydrogen-bond donors (Lipinski definition) is 3. The van der Waals surface area contributed by atoms with E-state index in [1.165, 1.54) is 35.9 Å². The summed E-state index contributed by atoms with van der Waals surface area (Å²) in [5.74, 6) is -0.241. The molecule has 3 aromatic carbocycles. The number of aromatic nitrogens is 1. The summed E-state index contributed by atoms with van der Waals surface area (Å²) in [7, 11) is 1.56. The van der Waals surface area contributed by atoms with Crippen molar-refractivity contribution in [2.45, 2.75) is 56.7 Å². The van der Waals surface area contributed by atoms with E-state index in [4.69, 9.17) is 9.47 Å². The van der Waals surface area contributed by atoms with Crippen molar-refractivity contribution in [1.82, 2.24) is 15.6 Å². The molecule has 6 rings (SSSR count). The summed E-state index contributed by atoms with van der Waals surface area (Å²) in [6.45, 7) is 0.407. The fraction of sp³-hybridized carbons (Fsp3) is 0.371. The van der Waals surface area contributed by atoms with Gasteiger partial charge in [-0.15, -0.1) is 0 Å². The lowest BCUT2D eigenvalue weighted by atomic mass is 9.79. The molecule has 1 aliphatic carbocycles. The highest BCUT2D eigenvalue weighted by atomic mass is 16.6. The average molecular weight is 566 g/mol. The molecule has 0 radical (unpaired) electrons. The number of hydrogen-bond acceptors (Lipinski definition) is 5. The first-order valence-electron chi connectivity index (χ1n) is 15.1. The van der Waals surface area contributed by atoms with Crippen LogP contribution in [-0.4, -0.2) is 43.2 Å². The Labute approximate surface area is 247 Å². The van der Waals surface area contributed by atoms with Crippen LogP contribution in [0, 0.1) is 5.92 Å². The standard InChI is InChI=1S/C35H39N3O4/c1-41-20-21-42-35(40)32(26-18-16-24(17-19-26)23-10-4-2-5-11-23)38-34(39)30-22-28-27-14-8-9-15-29(27)36-33(28)31(37-30)25-12-6-3-7-13-25/h2,4-5,8-11,14-19,25,30-32,36-37H,3,6-7,12-13,20-22H2,1H3,(H,38,39)/t30-,31+,32?/m1/s1. The molecule has 7 nitrogen and oxygen atoms in total. The molecular weight excluding hydrogens is 526 g/mol. The van der Waals surface area contributed by atoms with Gasteiger partial charge in [-0.25, -0.2) is 4.79 Å². The Balaban J connectivity index is 1.27. The van der Waals surface area contributed by atoms with Gasteiger partial charge >= 0.3 is 5.97 Å². The predicted molar refractivity (Wildman–Crippen MR) is 164 cm³/mol. The third-order valence-electron chi connectivity index (χ3n) is 8.79. The molecule has 1 saturated carbocycles. The minimum Gasteiger partial charge on any atom is -0.461 e. The highest BCUT2D eigenvalue weighted by molar-refractivity contribution is 5.91. The van der Waals surface area contributed by atoms with Crippen molar-refractivity contribution in [3.8, 4) is 11.1 Å². The van der Waals surface area contributed by atoms with E-state index in [2.05, 4.69) is 27.8 Å². The second-order valence-electron chi connectivity index (χ2n) is 11.5. The molecular formula is C35H39N3O4. The van der Waals surface area contributed by atoms with E-state index in [-0.39, 0.29) is 25.2 Å². The van der Waals surface area contributed by atoms with Crippen LogP contribution in [0.1, 0.15) is 61.0 Å². The van der Waals surface area contributed by atoms with Crippen LogP contribution in [-0.2, 0) is 25.5 Å². The Morgan fingerprint density at radius 1 is 0.881 bits per heavy atom. The molecule has 7 heteroatoms. The van der Waals surface area contributed by atoms with Crippen LogP contribution < -0.4 is 10.6 Å². The quantitative estimate of drug-likeness (QED) is 0.171. The number of carbonyl (C=O) groups excluding carboxylic acids is 2. The first-order valence-corrected chi connectivity index (χ1v) is 15.1. The van der Waals surface area contributed by atoms with Gasteiger partial charge in [0.05, 0.1) is 18.7 Å². The normalized spacial score (nSPS) is 19.6. The Bertz CT molecular complexity index is 1510. The van der Waals surface area contributed by atoms with Crippen molar-refractivity contribution in [2.75, 3.05) is 20.3 Å². The van der Waals surface area contributed by atoms with Gasteiger partial charge in [-0.1, -0.05) is 92.1 Å². The zero-order valence-electron chi connectivity index (χ0n) is 24.1. The number of benzene rings is 3. The van der Waals surface area contributed by atoms with Gasteiger partial charge in [0, 0.05) is 23.7 Å². The van der Waals surface area contributed by atoms with Gasteiger partial charge < -0.3 is 19.8 Å². The number of nitrogens with one attached hydrogen (secondary N) is 3. The van der Waals surface area contributed by atoms with Crippen LogP contribution in [0.15, 0.2) is 78.9 Å². The Morgan fingerprint density at radius 3 is 2.36 bits per heavy atom. The first kappa shape index (κ1) is 28.2. The summed E-state index contributed by atoms with van der Waals surface area (Å²) in [4.78, 5) is 31.0. The largest absolute Gasteiger partial charge is 0.461 e. The number of para-hydroxylation sites is 1. The predicted octanol–water partition coefficient (Wildman–Crippen LogP) is 6.02. The van der Waals surface area contributed by atoms with Gasteiger partial charge in [-0.05, 0) is 53.5 Å². The molecule has 3 atom stereocenters. The second-order valence-corrected chi connectivity index (χ2v) is 11.5. The molecule has 1 aliphatic heterocycles. The number of fused-ring (bicyclic) bond motifs is 3. The van der Waals surface area contributed by atoms with Crippen molar-refractivity contribution < 1.29 is 19.1 Å². The SMILES string of the molecule is COCCOC(=O)C(NC(=O)[C@H]1Cc2c([nH]c3ccccc23)[C@H](C2CCCCC2)N1)c1ccc(-c2ccccc2)cc1. The van der Waals surface area contributed by atoms with E-state index in [1.807, 2.05) is 66.7 Å². The third kappa shape index (κ3) is 5.98. The average Bonchev–Trinajstić information content (AvgIpc) is 3.43. The molecule has 1 unspecified atom stereocenters. The van der Waals surface area contributed by atoms with Gasteiger partial charge in [0.1, 0.15) is 6.61 Å². The van der Waals surface area contributed by atoms with E-state index in [9.17, 15) is 9.59 Å². The molecule has 0 saturated heterocycles. The van der Waals surface area contributed by atoms with E-state index in [0.717, 1.165) is 29.5 Å². The molecule has 2 heterocycles. The monoisotopic (exact) mass is 565 g/mol. The summed E-state index contributed by atoms with van der Waals surface area (Å²) >= 11 is 0. The maximum absolute atomic E-state index is 14.0. The zero-order valence-corrected chi connectivity index (χ0v) is 24.1. The molecule has 1 amide bonds. The van der Waals surface area contributed by atoms with Crippen LogP contribution in [0.4, 0.5) is 0 Å². The number of ether oxygens (including phenoxy) is 2. The molecule has 1 fully saturated rings. The lowest BCUT2D eigenvalue weighted by Gasteiger charge is -2.37. The van der Waals surface area contributed by atoms with Crippen molar-refractivity contribution >= 4 is 22.8 Å². The van der Waals surface area contributed by atoms with E-state index in [1.54, 1.807) is 7.11 Å². The van der Waals surface area contributed by atoms with Crippen LogP contribution in [0.2, 0.25) is 0 Å². The summed E-state index contributed by atoms with van der Waals surface area (Å²) < 4.78 is 10.6. The molecule has 42 heavy (non-hydrogen) atoms. The third-order valence-corrected chi connectivity index (χ3v) is 8.79. The molecule has 218 valence electrons. The molecule has 0 spiro atoms. The molecule has 2 aliphatic rings. The number of carbonyl (C=O) groups is 2. The molecule has 1 aromatic heterocycles. The van der Waals surface area contributed by atoms with Crippen molar-refractivity contribution in [3.63, 3.8) is 0 Å². The van der Waals surface area contributed by atoms with E-state index >= 15 is 0 Å². The van der Waals surface area contributed by atoms with Crippen LogP contribution >= 0.6 is 0 Å². The Kier molecular flexibility index (Phi) is 8.68. The number of H-pyrrole nitrogens is 1. The lowest BCUT2D eigenvalue weighted by Crippen LogP contribution is -2.52. The maximum atomic E-state index is 14.0. The fourth-order valence-electron chi connectivity index (χ4n) is 6.61. The number of esters is 1. The van der Waals surface area contributed by atoms with Gasteiger partial charge in [-0.3, -0.25) is 10.1 Å². The van der Waals surface area contributed by atoms with Gasteiger partial charge in [-0.2, -0.15) is 0 Å². The maximum Gasteiger partial charge on any atom is 0.333 e. The number of amides is 1. The minimum absolute atomic E-state index is 0.0643. The minimum atomic E-state index is -0.932. The van der Waals surface area contributed by atoms with Crippen molar-refractivity contribution in [2.24, 2.45) is 5.92 Å².